The van der Waals surface area contributed by atoms with E-state index in [0.29, 0.717) is 11.3 Å². The molecule has 3 aromatic carbocycles. The minimum absolute atomic E-state index is 0.166. The third-order valence-electron chi connectivity index (χ3n) is 5.15. The van der Waals surface area contributed by atoms with Gasteiger partial charge in [0.05, 0.1) is 22.3 Å². The van der Waals surface area contributed by atoms with E-state index in [1.165, 1.54) is 17.7 Å². The van der Waals surface area contributed by atoms with Crippen molar-refractivity contribution in [2.45, 2.75) is 13.8 Å². The molecule has 0 unspecified atom stereocenters. The second-order valence-electron chi connectivity index (χ2n) is 7.21. The number of nitrogens with zero attached hydrogens (tertiary/aromatic N) is 1. The Morgan fingerprint density at radius 1 is 0.867 bits per heavy atom. The summed E-state index contributed by atoms with van der Waals surface area (Å²) < 4.78 is 0. The van der Waals surface area contributed by atoms with Crippen molar-refractivity contribution in [2.75, 3.05) is 5.32 Å². The number of amides is 1. The number of para-hydroxylation sites is 1. The number of aromatic nitrogens is 1. The summed E-state index contributed by atoms with van der Waals surface area (Å²) >= 11 is 0. The average Bonchev–Trinajstić information content (AvgIpc) is 2.75. The summed E-state index contributed by atoms with van der Waals surface area (Å²) in [5, 5.41) is 12.6. The number of hydrogen-bond donors (Lipinski definition) is 2. The van der Waals surface area contributed by atoms with Gasteiger partial charge >= 0.3 is 5.97 Å². The first-order chi connectivity index (χ1) is 14.4. The van der Waals surface area contributed by atoms with Crippen molar-refractivity contribution in [3.05, 3.63) is 95.1 Å². The van der Waals surface area contributed by atoms with E-state index in [0.717, 1.165) is 27.7 Å². The zero-order chi connectivity index (χ0) is 21.3. The largest absolute Gasteiger partial charge is 0.478 e. The van der Waals surface area contributed by atoms with Crippen molar-refractivity contribution >= 4 is 28.5 Å². The van der Waals surface area contributed by atoms with E-state index in [1.807, 2.05) is 43.3 Å². The SMILES string of the molecule is Cc1ccc(-c2cc(C(=O)Nc3ccc(C(=O)O)cc3)c3ccccc3n2)cc1C. The number of pyridine rings is 1. The van der Waals surface area contributed by atoms with Crippen LogP contribution in [0.5, 0.6) is 0 Å². The minimum atomic E-state index is -1.01. The van der Waals surface area contributed by atoms with Crippen LogP contribution in [0.2, 0.25) is 0 Å². The quantitative estimate of drug-likeness (QED) is 0.479. The molecule has 4 aromatic rings. The van der Waals surface area contributed by atoms with Crippen molar-refractivity contribution in [1.82, 2.24) is 4.98 Å². The number of nitrogens with one attached hydrogen (secondary N) is 1. The summed E-state index contributed by atoms with van der Waals surface area (Å²) in [4.78, 5) is 28.9. The molecule has 4 rings (SSSR count). The Kier molecular flexibility index (Phi) is 5.02. The van der Waals surface area contributed by atoms with Crippen LogP contribution in [-0.4, -0.2) is 22.0 Å². The third kappa shape index (κ3) is 3.78. The lowest BCUT2D eigenvalue weighted by atomic mass is 10.0. The molecule has 0 spiro atoms. The predicted molar refractivity (Wildman–Crippen MR) is 118 cm³/mol. The molecule has 0 aliphatic rings. The molecule has 1 heterocycles. The smallest absolute Gasteiger partial charge is 0.335 e. The van der Waals surface area contributed by atoms with E-state index in [1.54, 1.807) is 18.2 Å². The summed E-state index contributed by atoms with van der Waals surface area (Å²) in [7, 11) is 0. The molecule has 1 aromatic heterocycles. The number of carboxylic acids is 1. The predicted octanol–water partition coefficient (Wildman–Crippen LogP) is 5.47. The van der Waals surface area contributed by atoms with Gasteiger partial charge in [0.1, 0.15) is 0 Å². The number of rotatable bonds is 4. The number of hydrogen-bond acceptors (Lipinski definition) is 3. The maximum Gasteiger partial charge on any atom is 0.335 e. The van der Waals surface area contributed by atoms with Crippen LogP contribution >= 0.6 is 0 Å². The van der Waals surface area contributed by atoms with Gasteiger partial charge in [0, 0.05) is 16.6 Å². The van der Waals surface area contributed by atoms with Gasteiger partial charge in [0.2, 0.25) is 0 Å². The fourth-order valence-corrected chi connectivity index (χ4v) is 3.31. The number of aromatic carboxylic acids is 1. The van der Waals surface area contributed by atoms with E-state index in [-0.39, 0.29) is 11.5 Å². The van der Waals surface area contributed by atoms with Crippen LogP contribution in [0.15, 0.2) is 72.8 Å². The molecule has 0 saturated heterocycles. The van der Waals surface area contributed by atoms with Crippen LogP contribution in [0.3, 0.4) is 0 Å². The molecule has 0 saturated carbocycles. The van der Waals surface area contributed by atoms with Crippen molar-refractivity contribution in [2.24, 2.45) is 0 Å². The van der Waals surface area contributed by atoms with Crippen LogP contribution < -0.4 is 5.32 Å². The first-order valence-electron chi connectivity index (χ1n) is 9.54. The zero-order valence-corrected chi connectivity index (χ0v) is 16.6. The normalized spacial score (nSPS) is 10.7. The minimum Gasteiger partial charge on any atom is -0.478 e. The number of anilines is 1. The van der Waals surface area contributed by atoms with Gasteiger partial charge in [-0.2, -0.15) is 0 Å². The monoisotopic (exact) mass is 396 g/mol. The summed E-state index contributed by atoms with van der Waals surface area (Å²) in [5.74, 6) is -1.28. The highest BCUT2D eigenvalue weighted by Crippen LogP contribution is 2.27. The molecule has 0 aliphatic carbocycles. The standard InChI is InChI=1S/C25H20N2O3/c1-15-7-8-18(13-16(15)2)23-14-21(20-5-3-4-6-22(20)27-23)24(28)26-19-11-9-17(10-12-19)25(29)30/h3-14H,1-2H3,(H,26,28)(H,29,30). The highest BCUT2D eigenvalue weighted by Gasteiger charge is 2.15. The number of carbonyl (C=O) groups is 2. The Morgan fingerprint density at radius 2 is 1.60 bits per heavy atom. The van der Waals surface area contributed by atoms with Gasteiger partial charge in [-0.3, -0.25) is 4.79 Å². The molecule has 1 amide bonds. The second kappa shape index (κ2) is 7.79. The lowest BCUT2D eigenvalue weighted by Crippen LogP contribution is -2.13. The fourth-order valence-electron chi connectivity index (χ4n) is 3.31. The van der Waals surface area contributed by atoms with Crippen molar-refractivity contribution in [1.29, 1.82) is 0 Å². The van der Waals surface area contributed by atoms with Crippen LogP contribution in [0.4, 0.5) is 5.69 Å². The van der Waals surface area contributed by atoms with Gasteiger partial charge in [0.15, 0.2) is 0 Å². The molecule has 0 radical (unpaired) electrons. The number of benzene rings is 3. The van der Waals surface area contributed by atoms with Crippen LogP contribution in [0, 0.1) is 13.8 Å². The Labute approximate surface area is 174 Å². The van der Waals surface area contributed by atoms with E-state index in [4.69, 9.17) is 10.1 Å². The summed E-state index contributed by atoms with van der Waals surface area (Å²) in [6.07, 6.45) is 0. The first kappa shape index (κ1) is 19.3. The maximum absolute atomic E-state index is 13.1. The topological polar surface area (TPSA) is 79.3 Å². The molecule has 5 nitrogen and oxygen atoms in total. The summed E-state index contributed by atoms with van der Waals surface area (Å²) in [5.41, 5.74) is 5.97. The van der Waals surface area contributed by atoms with Gasteiger partial charge in [-0.25, -0.2) is 9.78 Å². The van der Waals surface area contributed by atoms with Gasteiger partial charge < -0.3 is 10.4 Å². The highest BCUT2D eigenvalue weighted by molar-refractivity contribution is 6.13. The van der Waals surface area contributed by atoms with Gasteiger partial charge in [-0.1, -0.05) is 30.3 Å². The number of fused-ring (bicyclic) bond motifs is 1. The number of aryl methyl sites for hydroxylation is 2. The highest BCUT2D eigenvalue weighted by atomic mass is 16.4. The van der Waals surface area contributed by atoms with E-state index in [2.05, 4.69) is 18.3 Å². The second-order valence-corrected chi connectivity index (χ2v) is 7.21. The molecule has 30 heavy (non-hydrogen) atoms. The van der Waals surface area contributed by atoms with Gasteiger partial charge in [-0.05, 0) is 67.4 Å². The molecule has 0 fully saturated rings. The Hall–Kier alpha value is -3.99. The maximum atomic E-state index is 13.1. The van der Waals surface area contributed by atoms with E-state index < -0.39 is 5.97 Å². The average molecular weight is 396 g/mol. The van der Waals surface area contributed by atoms with Crippen molar-refractivity contribution in [3.8, 4) is 11.3 Å². The van der Waals surface area contributed by atoms with Crippen molar-refractivity contribution < 1.29 is 14.7 Å². The Morgan fingerprint density at radius 3 is 2.30 bits per heavy atom. The first-order valence-corrected chi connectivity index (χ1v) is 9.54. The lowest BCUT2D eigenvalue weighted by Gasteiger charge is -2.12. The molecule has 148 valence electrons. The summed E-state index contributed by atoms with van der Waals surface area (Å²) in [6.45, 7) is 4.11. The molecule has 0 aliphatic heterocycles. The Bertz CT molecular complexity index is 1280. The molecule has 0 bridgehead atoms. The van der Waals surface area contributed by atoms with E-state index >= 15 is 0 Å². The van der Waals surface area contributed by atoms with Crippen LogP contribution in [0.25, 0.3) is 22.2 Å². The molecule has 2 N–H and O–H groups in total. The third-order valence-corrected chi connectivity index (χ3v) is 5.15. The fraction of sp³-hybridized carbons (Fsp3) is 0.0800. The molecular weight excluding hydrogens is 376 g/mol. The van der Waals surface area contributed by atoms with Crippen LogP contribution in [0.1, 0.15) is 31.8 Å². The van der Waals surface area contributed by atoms with Crippen molar-refractivity contribution in [3.63, 3.8) is 0 Å². The summed E-state index contributed by atoms with van der Waals surface area (Å²) in [6, 6.07) is 21.5. The van der Waals surface area contributed by atoms with Crippen LogP contribution in [-0.2, 0) is 0 Å². The zero-order valence-electron chi connectivity index (χ0n) is 16.6. The number of carbonyl (C=O) groups excluding carboxylic acids is 1. The molecular formula is C25H20N2O3. The lowest BCUT2D eigenvalue weighted by molar-refractivity contribution is 0.0696. The number of carboxylic acid groups (broad SMARTS) is 1. The van der Waals surface area contributed by atoms with Gasteiger partial charge in [-0.15, -0.1) is 0 Å². The molecule has 0 atom stereocenters. The molecule has 5 heteroatoms. The van der Waals surface area contributed by atoms with E-state index in [9.17, 15) is 9.59 Å². The Balaban J connectivity index is 1.75. The van der Waals surface area contributed by atoms with Gasteiger partial charge in [0.25, 0.3) is 5.91 Å².